The van der Waals surface area contributed by atoms with Crippen LogP contribution in [0.1, 0.15) is 42.5 Å². The predicted octanol–water partition coefficient (Wildman–Crippen LogP) is 4.48. The van der Waals surface area contributed by atoms with E-state index in [0.717, 1.165) is 48.4 Å². The zero-order chi connectivity index (χ0) is 23.4. The van der Waals surface area contributed by atoms with Crippen molar-refractivity contribution in [2.24, 2.45) is 5.92 Å². The van der Waals surface area contributed by atoms with Gasteiger partial charge in [-0.05, 0) is 41.7 Å². The molecule has 0 radical (unpaired) electrons. The van der Waals surface area contributed by atoms with Crippen molar-refractivity contribution in [2.75, 3.05) is 29.9 Å². The molecule has 5 nitrogen and oxygen atoms in total. The van der Waals surface area contributed by atoms with Gasteiger partial charge in [0.2, 0.25) is 11.8 Å². The van der Waals surface area contributed by atoms with Crippen LogP contribution in [-0.2, 0) is 29.1 Å². The minimum Gasteiger partial charge on any atom is -0.326 e. The number of rotatable bonds is 6. The summed E-state index contributed by atoms with van der Waals surface area (Å²) in [7, 11) is 0. The summed E-state index contributed by atoms with van der Waals surface area (Å²) < 4.78 is 0. The van der Waals surface area contributed by atoms with Crippen LogP contribution in [0, 0.1) is 12.8 Å². The van der Waals surface area contributed by atoms with E-state index < -0.39 is 6.04 Å². The highest BCUT2D eigenvalue weighted by Gasteiger charge is 2.36. The van der Waals surface area contributed by atoms with E-state index >= 15 is 0 Å². The number of amides is 2. The Morgan fingerprint density at radius 2 is 1.82 bits per heavy atom. The lowest BCUT2D eigenvalue weighted by atomic mass is 9.91. The summed E-state index contributed by atoms with van der Waals surface area (Å²) in [6.45, 7) is 9.66. The van der Waals surface area contributed by atoms with E-state index in [0.29, 0.717) is 13.0 Å². The lowest BCUT2D eigenvalue weighted by Crippen LogP contribution is -2.52. The van der Waals surface area contributed by atoms with Gasteiger partial charge < -0.3 is 10.2 Å². The predicted molar refractivity (Wildman–Crippen MR) is 136 cm³/mol. The first-order valence-electron chi connectivity index (χ1n) is 12.0. The molecule has 2 aliphatic heterocycles. The number of hydrogen-bond acceptors (Lipinski definition) is 4. The number of nitrogens with one attached hydrogen (secondary N) is 1. The smallest absolute Gasteiger partial charge is 0.247 e. The normalized spacial score (nSPS) is 19.6. The van der Waals surface area contributed by atoms with Gasteiger partial charge in [0.15, 0.2) is 0 Å². The molecule has 33 heavy (non-hydrogen) atoms. The molecule has 2 amide bonds. The molecule has 0 aliphatic carbocycles. The first-order chi connectivity index (χ1) is 16.0. The Bertz CT molecular complexity index is 1000. The average Bonchev–Trinajstić information content (AvgIpc) is 2.85. The van der Waals surface area contributed by atoms with Crippen molar-refractivity contribution in [2.45, 2.75) is 52.7 Å². The fraction of sp³-hybridized carbons (Fsp3) is 0.481. The van der Waals surface area contributed by atoms with E-state index in [1.165, 1.54) is 17.1 Å². The SMILES string of the molecule is CCC(C)C(=O)N1Cc2ccccc2CC1C(=O)Nc1cccc(CN2CCSCC2)c1C. The first-order valence-corrected chi connectivity index (χ1v) is 13.2. The van der Waals surface area contributed by atoms with Crippen molar-refractivity contribution in [3.05, 3.63) is 64.7 Å². The lowest BCUT2D eigenvalue weighted by molar-refractivity contribution is -0.143. The van der Waals surface area contributed by atoms with Gasteiger partial charge in [0, 0.05) is 55.7 Å². The number of carbonyl (C=O) groups is 2. The monoisotopic (exact) mass is 465 g/mol. The lowest BCUT2D eigenvalue weighted by Gasteiger charge is -2.37. The minimum atomic E-state index is -0.497. The second-order valence-corrected chi connectivity index (χ2v) is 10.5. The number of thioether (sulfide) groups is 1. The molecule has 1 fully saturated rings. The number of hydrogen-bond donors (Lipinski definition) is 1. The van der Waals surface area contributed by atoms with Crippen molar-refractivity contribution >= 4 is 29.3 Å². The molecule has 2 aromatic rings. The molecule has 2 aliphatic rings. The molecule has 0 spiro atoms. The van der Waals surface area contributed by atoms with Crippen molar-refractivity contribution in [1.29, 1.82) is 0 Å². The quantitative estimate of drug-likeness (QED) is 0.683. The Hall–Kier alpha value is -2.31. The first kappa shape index (κ1) is 23.8. The van der Waals surface area contributed by atoms with Crippen LogP contribution >= 0.6 is 11.8 Å². The molecule has 0 saturated carbocycles. The number of nitrogens with zero attached hydrogens (tertiary/aromatic N) is 2. The van der Waals surface area contributed by atoms with E-state index in [1.54, 1.807) is 4.90 Å². The molecule has 1 saturated heterocycles. The standard InChI is InChI=1S/C27H35N3O2S/c1-4-19(2)27(32)30-18-23-9-6-5-8-21(23)16-25(30)26(31)28-24-11-7-10-22(20(24)3)17-29-12-14-33-15-13-29/h5-11,19,25H,4,12-18H2,1-3H3,(H,28,31). The summed E-state index contributed by atoms with van der Waals surface area (Å²) in [5.74, 6) is 2.21. The zero-order valence-electron chi connectivity index (χ0n) is 20.0. The number of benzene rings is 2. The second kappa shape index (κ2) is 10.7. The van der Waals surface area contributed by atoms with Crippen molar-refractivity contribution in [1.82, 2.24) is 9.80 Å². The van der Waals surface area contributed by atoms with Gasteiger partial charge in [-0.3, -0.25) is 14.5 Å². The summed E-state index contributed by atoms with van der Waals surface area (Å²) in [5.41, 5.74) is 5.50. The van der Waals surface area contributed by atoms with Crippen LogP contribution in [-0.4, -0.2) is 52.3 Å². The third-order valence-electron chi connectivity index (χ3n) is 7.07. The molecule has 4 rings (SSSR count). The molecule has 1 N–H and O–H groups in total. The van der Waals surface area contributed by atoms with Crippen molar-refractivity contribution < 1.29 is 9.59 Å². The van der Waals surface area contributed by atoms with Crippen LogP contribution in [0.25, 0.3) is 0 Å². The van der Waals surface area contributed by atoms with Gasteiger partial charge in [0.25, 0.3) is 0 Å². The molecular weight excluding hydrogens is 430 g/mol. The van der Waals surface area contributed by atoms with E-state index in [-0.39, 0.29) is 17.7 Å². The van der Waals surface area contributed by atoms with E-state index in [1.807, 2.05) is 49.9 Å². The molecule has 2 unspecified atom stereocenters. The number of carbonyl (C=O) groups excluding carboxylic acids is 2. The van der Waals surface area contributed by atoms with E-state index in [2.05, 4.69) is 35.3 Å². The van der Waals surface area contributed by atoms with Gasteiger partial charge in [0.05, 0.1) is 0 Å². The highest BCUT2D eigenvalue weighted by Crippen LogP contribution is 2.28. The maximum absolute atomic E-state index is 13.5. The van der Waals surface area contributed by atoms with Gasteiger partial charge in [-0.2, -0.15) is 11.8 Å². The highest BCUT2D eigenvalue weighted by atomic mass is 32.2. The van der Waals surface area contributed by atoms with Crippen molar-refractivity contribution in [3.8, 4) is 0 Å². The fourth-order valence-electron chi connectivity index (χ4n) is 4.65. The number of fused-ring (bicyclic) bond motifs is 1. The fourth-order valence-corrected chi connectivity index (χ4v) is 5.63. The largest absolute Gasteiger partial charge is 0.326 e. The molecule has 2 aromatic carbocycles. The van der Waals surface area contributed by atoms with Crippen LogP contribution in [0.2, 0.25) is 0 Å². The van der Waals surface area contributed by atoms with Gasteiger partial charge in [0.1, 0.15) is 6.04 Å². The van der Waals surface area contributed by atoms with Crippen LogP contribution < -0.4 is 5.32 Å². The van der Waals surface area contributed by atoms with Crippen LogP contribution in [0.15, 0.2) is 42.5 Å². The summed E-state index contributed by atoms with van der Waals surface area (Å²) in [5, 5.41) is 3.17. The Balaban J connectivity index is 1.54. The maximum Gasteiger partial charge on any atom is 0.247 e. The second-order valence-electron chi connectivity index (χ2n) is 9.23. The zero-order valence-corrected chi connectivity index (χ0v) is 20.8. The topological polar surface area (TPSA) is 52.7 Å². The van der Waals surface area contributed by atoms with Gasteiger partial charge in [-0.15, -0.1) is 0 Å². The Morgan fingerprint density at radius 1 is 1.09 bits per heavy atom. The third-order valence-corrected chi connectivity index (χ3v) is 8.01. The highest BCUT2D eigenvalue weighted by molar-refractivity contribution is 7.99. The molecule has 2 atom stereocenters. The Morgan fingerprint density at radius 3 is 2.55 bits per heavy atom. The minimum absolute atomic E-state index is 0.0561. The molecule has 6 heteroatoms. The number of anilines is 1. The summed E-state index contributed by atoms with van der Waals surface area (Å²) in [6, 6.07) is 13.8. The van der Waals surface area contributed by atoms with Gasteiger partial charge >= 0.3 is 0 Å². The van der Waals surface area contributed by atoms with Gasteiger partial charge in [-0.25, -0.2) is 0 Å². The summed E-state index contributed by atoms with van der Waals surface area (Å²) in [6.07, 6.45) is 1.32. The Labute approximate surface area is 201 Å². The third kappa shape index (κ3) is 5.44. The molecule has 0 bridgehead atoms. The van der Waals surface area contributed by atoms with Crippen LogP contribution in [0.4, 0.5) is 5.69 Å². The summed E-state index contributed by atoms with van der Waals surface area (Å²) >= 11 is 2.01. The molecular formula is C27H35N3O2S. The van der Waals surface area contributed by atoms with Crippen LogP contribution in [0.5, 0.6) is 0 Å². The van der Waals surface area contributed by atoms with Gasteiger partial charge in [-0.1, -0.05) is 50.2 Å². The van der Waals surface area contributed by atoms with E-state index in [4.69, 9.17) is 0 Å². The molecule has 0 aromatic heterocycles. The van der Waals surface area contributed by atoms with Crippen LogP contribution in [0.3, 0.4) is 0 Å². The molecule has 2 heterocycles. The molecule has 176 valence electrons. The summed E-state index contributed by atoms with van der Waals surface area (Å²) in [4.78, 5) is 31.0. The maximum atomic E-state index is 13.5. The Kier molecular flexibility index (Phi) is 7.76. The van der Waals surface area contributed by atoms with Crippen molar-refractivity contribution in [3.63, 3.8) is 0 Å². The average molecular weight is 466 g/mol. The van der Waals surface area contributed by atoms with E-state index in [9.17, 15) is 9.59 Å².